The summed E-state index contributed by atoms with van der Waals surface area (Å²) in [7, 11) is -1.74. The average molecular weight is 332 g/mol. The Hall–Kier alpha value is -0.390. The molecule has 1 aliphatic carbocycles. The lowest BCUT2D eigenvalue weighted by molar-refractivity contribution is 0.416. The van der Waals surface area contributed by atoms with Crippen LogP contribution in [0.2, 0.25) is 0 Å². The van der Waals surface area contributed by atoms with Crippen LogP contribution in [0, 0.1) is 0 Å². The van der Waals surface area contributed by atoms with Crippen molar-refractivity contribution in [3.8, 4) is 0 Å². The van der Waals surface area contributed by atoms with Crippen molar-refractivity contribution in [1.29, 1.82) is 0 Å². The molecule has 100 valence electrons. The molecule has 3 nitrogen and oxygen atoms in total. The zero-order valence-electron chi connectivity index (χ0n) is 10.7. The minimum atomic E-state index is -3.37. The first-order valence-electron chi connectivity index (χ1n) is 6.12. The largest absolute Gasteiger partial charge is 0.243 e. The maximum absolute atomic E-state index is 12.4. The van der Waals surface area contributed by atoms with Crippen LogP contribution in [-0.4, -0.2) is 31.1 Å². The number of rotatable bonds is 4. The van der Waals surface area contributed by atoms with Crippen LogP contribution < -0.4 is 0 Å². The van der Waals surface area contributed by atoms with E-state index in [1.165, 1.54) is 15.4 Å². The van der Waals surface area contributed by atoms with E-state index in [1.807, 2.05) is 19.1 Å². The van der Waals surface area contributed by atoms with Gasteiger partial charge in [0.05, 0.1) is 4.90 Å². The van der Waals surface area contributed by atoms with E-state index in [2.05, 4.69) is 15.9 Å². The van der Waals surface area contributed by atoms with Gasteiger partial charge < -0.3 is 0 Å². The lowest BCUT2D eigenvalue weighted by Gasteiger charge is -2.22. The van der Waals surface area contributed by atoms with E-state index >= 15 is 0 Å². The fourth-order valence-corrected chi connectivity index (χ4v) is 4.25. The summed E-state index contributed by atoms with van der Waals surface area (Å²) in [5.74, 6) is 0. The summed E-state index contributed by atoms with van der Waals surface area (Å²) in [5.41, 5.74) is 2.49. The van der Waals surface area contributed by atoms with Gasteiger partial charge in [-0.2, -0.15) is 4.31 Å². The molecule has 2 rings (SSSR count). The number of nitrogens with zero attached hydrogens (tertiary/aromatic N) is 1. The van der Waals surface area contributed by atoms with Crippen LogP contribution in [0.3, 0.4) is 0 Å². The summed E-state index contributed by atoms with van der Waals surface area (Å²) in [5, 5.41) is 0.633. The van der Waals surface area contributed by atoms with Gasteiger partial charge in [-0.3, -0.25) is 0 Å². The highest BCUT2D eigenvalue weighted by molar-refractivity contribution is 9.09. The minimum Gasteiger partial charge on any atom is -0.207 e. The topological polar surface area (TPSA) is 37.4 Å². The quantitative estimate of drug-likeness (QED) is 0.795. The first kappa shape index (κ1) is 14.0. The SMILES string of the molecule is CC(CBr)N(C)S(=O)(=O)c1ccc2c(c1)CCC2. The molecule has 1 atom stereocenters. The van der Waals surface area contributed by atoms with Crippen molar-refractivity contribution < 1.29 is 8.42 Å². The third kappa shape index (κ3) is 2.49. The second-order valence-corrected chi connectivity index (χ2v) is 7.45. The molecule has 5 heteroatoms. The molecule has 0 fully saturated rings. The number of hydrogen-bond donors (Lipinski definition) is 0. The van der Waals surface area contributed by atoms with Crippen molar-refractivity contribution in [3.05, 3.63) is 29.3 Å². The molecule has 18 heavy (non-hydrogen) atoms. The van der Waals surface area contributed by atoms with Gasteiger partial charge in [0.2, 0.25) is 10.0 Å². The van der Waals surface area contributed by atoms with E-state index in [-0.39, 0.29) is 6.04 Å². The highest BCUT2D eigenvalue weighted by atomic mass is 79.9. The van der Waals surface area contributed by atoms with E-state index in [1.54, 1.807) is 13.1 Å². The molecule has 0 saturated carbocycles. The smallest absolute Gasteiger partial charge is 0.207 e. The summed E-state index contributed by atoms with van der Waals surface area (Å²) in [6.07, 6.45) is 3.20. The summed E-state index contributed by atoms with van der Waals surface area (Å²) in [6.45, 7) is 1.89. The Balaban J connectivity index is 2.36. The van der Waals surface area contributed by atoms with Crippen molar-refractivity contribution in [2.24, 2.45) is 0 Å². The molecular weight excluding hydrogens is 314 g/mol. The van der Waals surface area contributed by atoms with Gasteiger partial charge in [-0.15, -0.1) is 0 Å². The average Bonchev–Trinajstić information content (AvgIpc) is 2.83. The number of fused-ring (bicyclic) bond motifs is 1. The maximum Gasteiger partial charge on any atom is 0.243 e. The third-order valence-corrected chi connectivity index (χ3v) is 6.50. The Bertz CT molecular complexity index is 542. The van der Waals surface area contributed by atoms with Crippen molar-refractivity contribution in [2.75, 3.05) is 12.4 Å². The summed E-state index contributed by atoms with van der Waals surface area (Å²) < 4.78 is 26.3. The van der Waals surface area contributed by atoms with Gasteiger partial charge in [-0.25, -0.2) is 8.42 Å². The number of benzene rings is 1. The molecule has 0 aromatic heterocycles. The Morgan fingerprint density at radius 3 is 2.67 bits per heavy atom. The molecule has 0 saturated heterocycles. The van der Waals surface area contributed by atoms with E-state index in [9.17, 15) is 8.42 Å². The fraction of sp³-hybridized carbons (Fsp3) is 0.538. The summed E-state index contributed by atoms with van der Waals surface area (Å²) in [4.78, 5) is 0.415. The number of sulfonamides is 1. The van der Waals surface area contributed by atoms with Crippen LogP contribution in [0.5, 0.6) is 0 Å². The van der Waals surface area contributed by atoms with Crippen molar-refractivity contribution in [1.82, 2.24) is 4.31 Å². The molecule has 1 unspecified atom stereocenters. The number of alkyl halides is 1. The van der Waals surface area contributed by atoms with Crippen molar-refractivity contribution in [3.63, 3.8) is 0 Å². The number of halogens is 1. The van der Waals surface area contributed by atoms with Gasteiger partial charge in [-0.05, 0) is 49.4 Å². The van der Waals surface area contributed by atoms with Gasteiger partial charge >= 0.3 is 0 Å². The molecule has 1 aliphatic rings. The molecule has 1 aromatic carbocycles. The van der Waals surface area contributed by atoms with E-state index < -0.39 is 10.0 Å². The minimum absolute atomic E-state index is 0.0525. The molecule has 0 aliphatic heterocycles. The van der Waals surface area contributed by atoms with E-state index in [0.717, 1.165) is 19.3 Å². The molecule has 1 aromatic rings. The van der Waals surface area contributed by atoms with Gasteiger partial charge in [0, 0.05) is 18.4 Å². The standard InChI is InChI=1S/C13H18BrNO2S/c1-10(9-14)15(2)18(16,17)13-7-6-11-4-3-5-12(11)8-13/h6-8,10H,3-5,9H2,1-2H3. The highest BCUT2D eigenvalue weighted by Crippen LogP contribution is 2.26. The van der Waals surface area contributed by atoms with E-state index in [4.69, 9.17) is 0 Å². The zero-order valence-corrected chi connectivity index (χ0v) is 13.1. The molecule has 0 spiro atoms. The van der Waals surface area contributed by atoms with Crippen LogP contribution in [-0.2, 0) is 22.9 Å². The number of aryl methyl sites for hydroxylation is 2. The molecule has 0 amide bonds. The Kier molecular flexibility index (Phi) is 4.14. The Morgan fingerprint density at radius 1 is 1.33 bits per heavy atom. The molecule has 0 bridgehead atoms. The maximum atomic E-state index is 12.4. The number of hydrogen-bond acceptors (Lipinski definition) is 2. The predicted molar refractivity (Wildman–Crippen MR) is 76.7 cm³/mol. The highest BCUT2D eigenvalue weighted by Gasteiger charge is 2.26. The van der Waals surface area contributed by atoms with Crippen LogP contribution in [0.1, 0.15) is 24.5 Å². The first-order chi connectivity index (χ1) is 8.46. The summed E-state index contributed by atoms with van der Waals surface area (Å²) in [6, 6.07) is 5.48. The van der Waals surface area contributed by atoms with Crippen LogP contribution in [0.4, 0.5) is 0 Å². The predicted octanol–water partition coefficient (Wildman–Crippen LogP) is 2.58. The Morgan fingerprint density at radius 2 is 2.00 bits per heavy atom. The monoisotopic (exact) mass is 331 g/mol. The van der Waals surface area contributed by atoms with Gasteiger partial charge in [0.1, 0.15) is 0 Å². The molecular formula is C13H18BrNO2S. The lowest BCUT2D eigenvalue weighted by atomic mass is 10.1. The normalized spacial score (nSPS) is 16.9. The molecule has 0 N–H and O–H groups in total. The molecule has 0 radical (unpaired) electrons. The fourth-order valence-electron chi connectivity index (χ4n) is 2.21. The van der Waals surface area contributed by atoms with Crippen LogP contribution >= 0.6 is 15.9 Å². The van der Waals surface area contributed by atoms with Gasteiger partial charge in [-0.1, -0.05) is 22.0 Å². The van der Waals surface area contributed by atoms with Gasteiger partial charge in [0.25, 0.3) is 0 Å². The van der Waals surface area contributed by atoms with E-state index in [0.29, 0.717) is 10.2 Å². The zero-order chi connectivity index (χ0) is 13.3. The second-order valence-electron chi connectivity index (χ2n) is 4.81. The van der Waals surface area contributed by atoms with Crippen LogP contribution in [0.15, 0.2) is 23.1 Å². The third-order valence-electron chi connectivity index (χ3n) is 3.59. The first-order valence-corrected chi connectivity index (χ1v) is 8.68. The van der Waals surface area contributed by atoms with Crippen LogP contribution in [0.25, 0.3) is 0 Å². The summed E-state index contributed by atoms with van der Waals surface area (Å²) >= 11 is 3.32. The van der Waals surface area contributed by atoms with Crippen molar-refractivity contribution >= 4 is 26.0 Å². The second kappa shape index (κ2) is 5.31. The molecule has 0 heterocycles. The Labute approximate surface area is 117 Å². The lowest BCUT2D eigenvalue weighted by Crippen LogP contribution is -2.36. The van der Waals surface area contributed by atoms with Gasteiger partial charge in [0.15, 0.2) is 0 Å². The van der Waals surface area contributed by atoms with Crippen molar-refractivity contribution in [2.45, 2.75) is 37.1 Å².